The van der Waals surface area contributed by atoms with E-state index in [1.54, 1.807) is 10.8 Å². The van der Waals surface area contributed by atoms with E-state index in [1.807, 2.05) is 56.3 Å². The summed E-state index contributed by atoms with van der Waals surface area (Å²) in [5, 5.41) is 9.18. The molecule has 0 aliphatic rings. The number of benzene rings is 1. The highest BCUT2D eigenvalue weighted by Crippen LogP contribution is 2.13. The summed E-state index contributed by atoms with van der Waals surface area (Å²) in [6.07, 6.45) is 1.57. The van der Waals surface area contributed by atoms with Gasteiger partial charge in [-0.3, -0.25) is 14.9 Å². The molecular weight excluding hydrogens is 330 g/mol. The molecule has 0 aliphatic heterocycles. The van der Waals surface area contributed by atoms with Gasteiger partial charge in [-0.1, -0.05) is 28.1 Å². The molecule has 1 heterocycles. The Morgan fingerprint density at radius 1 is 1.19 bits per heavy atom. The van der Waals surface area contributed by atoms with Gasteiger partial charge >= 0.3 is 0 Å². The molecule has 0 aliphatic carbocycles. The lowest BCUT2D eigenvalue weighted by Gasteiger charge is -2.10. The fraction of sp³-hybridized carbons (Fsp3) is 0.125. The number of aryl methyl sites for hydroxylation is 2. The highest BCUT2D eigenvalue weighted by Gasteiger charge is 2.11. The average Bonchev–Trinajstić information content (AvgIpc) is 2.78. The number of carbonyl (C=O) groups excluding carboxylic acids is 1. The van der Waals surface area contributed by atoms with E-state index in [0.29, 0.717) is 0 Å². The first kappa shape index (κ1) is 15.1. The number of nitrogens with zero attached hydrogens (tertiary/aromatic N) is 2. The minimum atomic E-state index is -0.428. The lowest BCUT2D eigenvalue weighted by molar-refractivity contribution is -0.113. The first-order valence-electron chi connectivity index (χ1n) is 6.35. The number of amides is 1. The van der Waals surface area contributed by atoms with E-state index < -0.39 is 5.91 Å². The van der Waals surface area contributed by atoms with Crippen LogP contribution in [0.2, 0.25) is 0 Å². The Labute approximate surface area is 131 Å². The molecule has 21 heavy (non-hydrogen) atoms. The molecule has 1 aromatic carbocycles. The summed E-state index contributed by atoms with van der Waals surface area (Å²) >= 11 is 3.35. The summed E-state index contributed by atoms with van der Waals surface area (Å²) in [6.45, 7) is 3.77. The molecule has 1 amide bonds. The molecule has 4 nitrogen and oxygen atoms in total. The summed E-state index contributed by atoms with van der Waals surface area (Å²) in [5.41, 5.74) is 5.38. The van der Waals surface area contributed by atoms with Crippen molar-refractivity contribution in [3.05, 3.63) is 63.4 Å². The Hall–Kier alpha value is -2.32. The van der Waals surface area contributed by atoms with Crippen molar-refractivity contribution in [3.63, 3.8) is 0 Å². The van der Waals surface area contributed by atoms with Gasteiger partial charge in [0.2, 0.25) is 0 Å². The highest BCUT2D eigenvalue weighted by molar-refractivity contribution is 9.10. The smallest absolute Gasteiger partial charge is 0.267 e. The normalized spacial score (nSPS) is 11.0. The van der Waals surface area contributed by atoms with Gasteiger partial charge in [0.15, 0.2) is 0 Å². The summed E-state index contributed by atoms with van der Waals surface area (Å²) in [7, 11) is 0. The van der Waals surface area contributed by atoms with Crippen LogP contribution in [-0.2, 0) is 4.79 Å². The molecule has 0 radical (unpaired) electrons. The first-order chi connectivity index (χ1) is 10.0. The van der Waals surface area contributed by atoms with Crippen molar-refractivity contribution in [1.82, 2.24) is 4.68 Å². The standard InChI is InChI=1S/C16H14BrN3O/c1-11-3-4-12(2)20(11)19-16(21)14(10-18)9-13-5-7-15(17)8-6-13/h3-9H,1-2H3,(H,19,21)/b14-9-. The molecule has 106 valence electrons. The Morgan fingerprint density at radius 3 is 2.29 bits per heavy atom. The molecule has 1 aromatic heterocycles. The van der Waals surface area contributed by atoms with Crippen molar-refractivity contribution in [2.75, 3.05) is 5.43 Å². The van der Waals surface area contributed by atoms with E-state index in [1.165, 1.54) is 0 Å². The molecule has 1 N–H and O–H groups in total. The van der Waals surface area contributed by atoms with Crippen molar-refractivity contribution < 1.29 is 4.79 Å². The fourth-order valence-electron chi connectivity index (χ4n) is 1.88. The largest absolute Gasteiger partial charge is 0.280 e. The average molecular weight is 344 g/mol. The third-order valence-corrected chi connectivity index (χ3v) is 3.56. The van der Waals surface area contributed by atoms with Crippen LogP contribution in [0.15, 0.2) is 46.4 Å². The number of nitriles is 1. The SMILES string of the molecule is Cc1ccc(C)n1NC(=O)/C(C#N)=C\c1ccc(Br)cc1. The maximum Gasteiger partial charge on any atom is 0.280 e. The van der Waals surface area contributed by atoms with Gasteiger partial charge in [0.1, 0.15) is 11.6 Å². The van der Waals surface area contributed by atoms with Crippen molar-refractivity contribution >= 4 is 27.9 Å². The molecule has 0 saturated heterocycles. The number of hydrogen-bond acceptors (Lipinski definition) is 2. The summed E-state index contributed by atoms with van der Waals surface area (Å²) in [4.78, 5) is 12.2. The van der Waals surface area contributed by atoms with Gasteiger partial charge in [-0.25, -0.2) is 0 Å². The van der Waals surface area contributed by atoms with Gasteiger partial charge in [0, 0.05) is 15.9 Å². The number of aromatic nitrogens is 1. The zero-order valence-electron chi connectivity index (χ0n) is 11.7. The van der Waals surface area contributed by atoms with E-state index in [2.05, 4.69) is 21.4 Å². The second-order valence-corrected chi connectivity index (χ2v) is 5.53. The van der Waals surface area contributed by atoms with Crippen LogP contribution in [0.5, 0.6) is 0 Å². The predicted molar refractivity (Wildman–Crippen MR) is 86.0 cm³/mol. The van der Waals surface area contributed by atoms with E-state index in [-0.39, 0.29) is 5.57 Å². The summed E-state index contributed by atoms with van der Waals surface area (Å²) in [6, 6.07) is 13.1. The number of carbonyl (C=O) groups is 1. The quantitative estimate of drug-likeness (QED) is 0.684. The van der Waals surface area contributed by atoms with Crippen molar-refractivity contribution in [1.29, 1.82) is 5.26 Å². The Balaban J connectivity index is 2.23. The Kier molecular flexibility index (Phi) is 4.61. The molecule has 0 saturated carbocycles. The van der Waals surface area contributed by atoms with Crippen LogP contribution in [0, 0.1) is 25.2 Å². The predicted octanol–water partition coefficient (Wildman–Crippen LogP) is 3.54. The third kappa shape index (κ3) is 3.61. The van der Waals surface area contributed by atoms with Crippen LogP contribution in [0.4, 0.5) is 0 Å². The second-order valence-electron chi connectivity index (χ2n) is 4.61. The van der Waals surface area contributed by atoms with E-state index >= 15 is 0 Å². The van der Waals surface area contributed by atoms with Crippen molar-refractivity contribution in [2.24, 2.45) is 0 Å². The molecule has 0 bridgehead atoms. The van der Waals surface area contributed by atoms with Gasteiger partial charge in [0.25, 0.3) is 5.91 Å². The fourth-order valence-corrected chi connectivity index (χ4v) is 2.15. The van der Waals surface area contributed by atoms with E-state index in [4.69, 9.17) is 0 Å². The molecule has 0 unspecified atom stereocenters. The molecule has 0 spiro atoms. The van der Waals surface area contributed by atoms with Crippen molar-refractivity contribution in [2.45, 2.75) is 13.8 Å². The molecule has 5 heteroatoms. The van der Waals surface area contributed by atoms with Crippen LogP contribution in [0.25, 0.3) is 6.08 Å². The third-order valence-electron chi connectivity index (χ3n) is 3.03. The molecular formula is C16H14BrN3O. The van der Waals surface area contributed by atoms with Crippen LogP contribution in [0.3, 0.4) is 0 Å². The summed E-state index contributed by atoms with van der Waals surface area (Å²) in [5.74, 6) is -0.428. The van der Waals surface area contributed by atoms with Crippen LogP contribution in [0.1, 0.15) is 17.0 Å². The minimum Gasteiger partial charge on any atom is -0.267 e. The minimum absolute atomic E-state index is 0.0600. The number of hydrogen-bond donors (Lipinski definition) is 1. The van der Waals surface area contributed by atoms with E-state index in [0.717, 1.165) is 21.4 Å². The Bertz CT molecular complexity index is 716. The maximum atomic E-state index is 12.2. The van der Waals surface area contributed by atoms with Gasteiger partial charge in [-0.2, -0.15) is 5.26 Å². The van der Waals surface area contributed by atoms with E-state index in [9.17, 15) is 10.1 Å². The van der Waals surface area contributed by atoms with Gasteiger partial charge < -0.3 is 0 Å². The van der Waals surface area contributed by atoms with Gasteiger partial charge in [-0.15, -0.1) is 0 Å². The monoisotopic (exact) mass is 343 g/mol. The first-order valence-corrected chi connectivity index (χ1v) is 7.14. The zero-order valence-corrected chi connectivity index (χ0v) is 13.3. The molecule has 2 rings (SSSR count). The zero-order chi connectivity index (χ0) is 15.4. The topological polar surface area (TPSA) is 57.8 Å². The number of nitrogens with one attached hydrogen (secondary N) is 1. The van der Waals surface area contributed by atoms with Gasteiger partial charge in [0.05, 0.1) is 0 Å². The van der Waals surface area contributed by atoms with Crippen LogP contribution >= 0.6 is 15.9 Å². The molecule has 0 fully saturated rings. The Morgan fingerprint density at radius 2 is 1.76 bits per heavy atom. The van der Waals surface area contributed by atoms with Crippen LogP contribution in [-0.4, -0.2) is 10.6 Å². The molecule has 0 atom stereocenters. The lowest BCUT2D eigenvalue weighted by atomic mass is 10.1. The summed E-state index contributed by atoms with van der Waals surface area (Å²) < 4.78 is 2.61. The van der Waals surface area contributed by atoms with Crippen LogP contribution < -0.4 is 5.43 Å². The van der Waals surface area contributed by atoms with Crippen molar-refractivity contribution in [3.8, 4) is 6.07 Å². The van der Waals surface area contributed by atoms with Gasteiger partial charge in [-0.05, 0) is 49.8 Å². The maximum absolute atomic E-state index is 12.2. The molecule has 2 aromatic rings. The second kappa shape index (κ2) is 6.42. The highest BCUT2D eigenvalue weighted by atomic mass is 79.9. The number of rotatable bonds is 3. The number of halogens is 1. The lowest BCUT2D eigenvalue weighted by Crippen LogP contribution is -2.25.